The Bertz CT molecular complexity index is 616. The molecule has 1 amide bonds. The zero-order valence-electron chi connectivity index (χ0n) is 11.2. The van der Waals surface area contributed by atoms with Gasteiger partial charge in [-0.1, -0.05) is 17.7 Å². The molecule has 2 rings (SSSR count). The van der Waals surface area contributed by atoms with Gasteiger partial charge in [-0.05, 0) is 24.5 Å². The van der Waals surface area contributed by atoms with E-state index in [4.69, 9.17) is 11.6 Å². The molecule has 0 radical (unpaired) electrons. The van der Waals surface area contributed by atoms with Gasteiger partial charge in [0.1, 0.15) is 5.82 Å². The standard InChI is InChI=1S/C13H16ClFN2O3S/c14-10-2-1-3-11(15)13(10)17-7-12(18)16-6-9-4-5-21(19,20)8-9/h1-3,9,17H,4-8H2,(H,16,18)/t9-/m0/s1. The van der Waals surface area contributed by atoms with Crippen molar-refractivity contribution in [1.82, 2.24) is 5.32 Å². The van der Waals surface area contributed by atoms with Crippen LogP contribution >= 0.6 is 11.6 Å². The molecule has 116 valence electrons. The van der Waals surface area contributed by atoms with E-state index in [1.54, 1.807) is 0 Å². The van der Waals surface area contributed by atoms with Crippen molar-refractivity contribution < 1.29 is 17.6 Å². The second kappa shape index (κ2) is 6.62. The van der Waals surface area contributed by atoms with E-state index in [9.17, 15) is 17.6 Å². The summed E-state index contributed by atoms with van der Waals surface area (Å²) in [5, 5.41) is 5.47. The molecule has 1 heterocycles. The molecule has 0 aliphatic carbocycles. The maximum atomic E-state index is 13.5. The lowest BCUT2D eigenvalue weighted by atomic mass is 10.1. The van der Waals surface area contributed by atoms with Crippen LogP contribution < -0.4 is 10.6 Å². The molecule has 1 aliphatic rings. The predicted molar refractivity (Wildman–Crippen MR) is 79.7 cm³/mol. The fourth-order valence-corrected chi connectivity index (χ4v) is 4.28. The summed E-state index contributed by atoms with van der Waals surface area (Å²) in [5.74, 6) is -0.622. The summed E-state index contributed by atoms with van der Waals surface area (Å²) < 4.78 is 36.1. The number of carbonyl (C=O) groups is 1. The molecular weight excluding hydrogens is 319 g/mol. The first-order chi connectivity index (χ1) is 9.87. The van der Waals surface area contributed by atoms with Crippen molar-refractivity contribution in [3.63, 3.8) is 0 Å². The van der Waals surface area contributed by atoms with E-state index < -0.39 is 15.7 Å². The van der Waals surface area contributed by atoms with Crippen LogP contribution in [0.25, 0.3) is 0 Å². The zero-order valence-corrected chi connectivity index (χ0v) is 12.8. The van der Waals surface area contributed by atoms with Gasteiger partial charge in [0.2, 0.25) is 5.91 Å². The third-order valence-corrected chi connectivity index (χ3v) is 5.46. The molecular formula is C13H16ClFN2O3S. The molecule has 1 aromatic carbocycles. The Kier molecular flexibility index (Phi) is 5.05. The Labute approximate surface area is 127 Å². The number of amides is 1. The smallest absolute Gasteiger partial charge is 0.239 e. The van der Waals surface area contributed by atoms with Crippen LogP contribution in [0.4, 0.5) is 10.1 Å². The molecule has 1 fully saturated rings. The molecule has 1 atom stereocenters. The Hall–Kier alpha value is -1.34. The Balaban J connectivity index is 1.78. The third kappa shape index (κ3) is 4.57. The van der Waals surface area contributed by atoms with Gasteiger partial charge in [0.25, 0.3) is 0 Å². The number of hydrogen-bond acceptors (Lipinski definition) is 4. The summed E-state index contributed by atoms with van der Waals surface area (Å²) in [7, 11) is -2.94. The van der Waals surface area contributed by atoms with E-state index in [1.165, 1.54) is 18.2 Å². The molecule has 0 aromatic heterocycles. The van der Waals surface area contributed by atoms with E-state index >= 15 is 0 Å². The minimum Gasteiger partial charge on any atom is -0.373 e. The predicted octanol–water partition coefficient (Wildman–Crippen LogP) is 1.44. The van der Waals surface area contributed by atoms with Gasteiger partial charge in [0.05, 0.1) is 28.8 Å². The maximum absolute atomic E-state index is 13.5. The molecule has 1 aliphatic heterocycles. The first-order valence-corrected chi connectivity index (χ1v) is 8.72. The van der Waals surface area contributed by atoms with Crippen molar-refractivity contribution in [3.8, 4) is 0 Å². The highest BCUT2D eigenvalue weighted by Gasteiger charge is 2.27. The van der Waals surface area contributed by atoms with Gasteiger partial charge in [-0.15, -0.1) is 0 Å². The highest BCUT2D eigenvalue weighted by atomic mass is 35.5. The SMILES string of the molecule is O=C(CNc1c(F)cccc1Cl)NC[C@@H]1CCS(=O)(=O)C1. The molecule has 1 aromatic rings. The molecule has 0 bridgehead atoms. The molecule has 0 spiro atoms. The number of carbonyl (C=O) groups excluding carboxylic acids is 1. The van der Waals surface area contributed by atoms with Gasteiger partial charge in [-0.2, -0.15) is 0 Å². The molecule has 8 heteroatoms. The third-order valence-electron chi connectivity index (χ3n) is 3.30. The maximum Gasteiger partial charge on any atom is 0.239 e. The number of rotatable bonds is 5. The Morgan fingerprint density at radius 1 is 1.43 bits per heavy atom. The molecule has 0 unspecified atom stereocenters. The Morgan fingerprint density at radius 3 is 2.81 bits per heavy atom. The van der Waals surface area contributed by atoms with Crippen LogP contribution in [-0.4, -0.2) is 38.9 Å². The Morgan fingerprint density at radius 2 is 2.19 bits per heavy atom. The van der Waals surface area contributed by atoms with E-state index in [-0.39, 0.29) is 40.6 Å². The largest absolute Gasteiger partial charge is 0.373 e. The first-order valence-electron chi connectivity index (χ1n) is 6.52. The summed E-state index contributed by atoms with van der Waals surface area (Å²) in [6.45, 7) is 0.185. The number of benzene rings is 1. The molecule has 5 nitrogen and oxygen atoms in total. The summed E-state index contributed by atoms with van der Waals surface area (Å²) in [5.41, 5.74) is 0.0813. The summed E-state index contributed by atoms with van der Waals surface area (Å²) in [4.78, 5) is 11.7. The van der Waals surface area contributed by atoms with Crippen molar-refractivity contribution >= 4 is 33.0 Å². The van der Waals surface area contributed by atoms with Crippen LogP contribution in [0.3, 0.4) is 0 Å². The van der Waals surface area contributed by atoms with Crippen molar-refractivity contribution in [2.45, 2.75) is 6.42 Å². The fourth-order valence-electron chi connectivity index (χ4n) is 2.19. The van der Waals surface area contributed by atoms with Crippen LogP contribution in [0.15, 0.2) is 18.2 Å². The molecule has 21 heavy (non-hydrogen) atoms. The van der Waals surface area contributed by atoms with Crippen molar-refractivity contribution in [2.75, 3.05) is 29.9 Å². The molecule has 0 saturated carbocycles. The second-order valence-electron chi connectivity index (χ2n) is 5.02. The van der Waals surface area contributed by atoms with Gasteiger partial charge in [0.15, 0.2) is 9.84 Å². The van der Waals surface area contributed by atoms with E-state index in [1.807, 2.05) is 0 Å². The van der Waals surface area contributed by atoms with Gasteiger partial charge in [-0.25, -0.2) is 12.8 Å². The lowest BCUT2D eigenvalue weighted by Gasteiger charge is -2.12. The summed E-state index contributed by atoms with van der Waals surface area (Å²) >= 11 is 5.82. The minimum absolute atomic E-state index is 0.0454. The zero-order chi connectivity index (χ0) is 15.5. The lowest BCUT2D eigenvalue weighted by Crippen LogP contribution is -2.34. The van der Waals surface area contributed by atoms with Gasteiger partial charge >= 0.3 is 0 Å². The first kappa shape index (κ1) is 16.0. The van der Waals surface area contributed by atoms with Gasteiger partial charge in [0, 0.05) is 6.54 Å². The van der Waals surface area contributed by atoms with Crippen LogP contribution in [0, 0.1) is 11.7 Å². The average molecular weight is 335 g/mol. The van der Waals surface area contributed by atoms with E-state index in [0.717, 1.165) is 0 Å². The number of nitrogens with one attached hydrogen (secondary N) is 2. The van der Waals surface area contributed by atoms with E-state index in [0.29, 0.717) is 13.0 Å². The highest BCUT2D eigenvalue weighted by molar-refractivity contribution is 7.91. The number of hydrogen-bond donors (Lipinski definition) is 2. The number of para-hydroxylation sites is 1. The van der Waals surface area contributed by atoms with Crippen molar-refractivity contribution in [3.05, 3.63) is 29.0 Å². The topological polar surface area (TPSA) is 75.3 Å². The highest BCUT2D eigenvalue weighted by Crippen LogP contribution is 2.24. The molecule has 2 N–H and O–H groups in total. The second-order valence-corrected chi connectivity index (χ2v) is 7.66. The van der Waals surface area contributed by atoms with E-state index in [2.05, 4.69) is 10.6 Å². The number of anilines is 1. The number of sulfone groups is 1. The van der Waals surface area contributed by atoms with Crippen molar-refractivity contribution in [2.24, 2.45) is 5.92 Å². The average Bonchev–Trinajstić information content (AvgIpc) is 2.75. The van der Waals surface area contributed by atoms with Gasteiger partial charge in [-0.3, -0.25) is 4.79 Å². The minimum atomic E-state index is -2.94. The number of halogens is 2. The van der Waals surface area contributed by atoms with Crippen LogP contribution in [-0.2, 0) is 14.6 Å². The molecule has 1 saturated heterocycles. The van der Waals surface area contributed by atoms with Gasteiger partial charge < -0.3 is 10.6 Å². The monoisotopic (exact) mass is 334 g/mol. The van der Waals surface area contributed by atoms with Crippen LogP contribution in [0.1, 0.15) is 6.42 Å². The quantitative estimate of drug-likeness (QED) is 0.854. The lowest BCUT2D eigenvalue weighted by molar-refractivity contribution is -0.119. The van der Waals surface area contributed by atoms with Crippen LogP contribution in [0.5, 0.6) is 0 Å². The van der Waals surface area contributed by atoms with Crippen LogP contribution in [0.2, 0.25) is 5.02 Å². The van der Waals surface area contributed by atoms with Crippen molar-refractivity contribution in [1.29, 1.82) is 0 Å². The summed E-state index contributed by atoms with van der Waals surface area (Å²) in [6.07, 6.45) is 0.565. The normalized spacial score (nSPS) is 20.2. The fraction of sp³-hybridized carbons (Fsp3) is 0.462. The summed E-state index contributed by atoms with van der Waals surface area (Å²) in [6, 6.07) is 4.24.